The quantitative estimate of drug-likeness (QED) is 0.129. The normalized spacial score (nSPS) is 18.5. The zero-order valence-electron chi connectivity index (χ0n) is 25.1. The number of aliphatic hydroxyl groups excluding tert-OH is 1. The number of nitrogens with one attached hydrogen (secondary N) is 2. The molecule has 0 unspecified atom stereocenters. The maximum absolute atomic E-state index is 12.7. The molecular weight excluding hydrogens is 588 g/mol. The molecule has 1 aliphatic rings. The van der Waals surface area contributed by atoms with E-state index in [0.29, 0.717) is 12.8 Å². The molecular formula is C36H38N2O6S. The number of aliphatic hydroxyl groups is 1. The number of benzene rings is 4. The SMILES string of the molecule is COC(=O)[C@H](Cc1ccccc1)NC(=O)NCc1ccc([C@@H]2O[C@H](CSc3ccccc3)C[C@H](c3ccc(CO)cc3)O2)cc1. The van der Waals surface area contributed by atoms with Crippen molar-refractivity contribution >= 4 is 23.8 Å². The van der Waals surface area contributed by atoms with Gasteiger partial charge in [-0.25, -0.2) is 9.59 Å². The highest BCUT2D eigenvalue weighted by Gasteiger charge is 2.32. The minimum Gasteiger partial charge on any atom is -0.467 e. The molecule has 1 fully saturated rings. The molecule has 234 valence electrons. The first-order chi connectivity index (χ1) is 22.0. The van der Waals surface area contributed by atoms with Crippen LogP contribution in [-0.2, 0) is 38.6 Å². The predicted octanol–water partition coefficient (Wildman–Crippen LogP) is 6.10. The van der Waals surface area contributed by atoms with E-state index in [9.17, 15) is 14.7 Å². The summed E-state index contributed by atoms with van der Waals surface area (Å²) >= 11 is 1.76. The van der Waals surface area contributed by atoms with Gasteiger partial charge in [-0.3, -0.25) is 0 Å². The number of hydrogen-bond acceptors (Lipinski definition) is 7. The number of methoxy groups -OCH3 is 1. The van der Waals surface area contributed by atoms with Crippen molar-refractivity contribution in [2.45, 2.75) is 55.4 Å². The molecule has 1 heterocycles. The molecule has 0 aliphatic carbocycles. The van der Waals surface area contributed by atoms with Crippen LogP contribution in [0.1, 0.15) is 46.6 Å². The van der Waals surface area contributed by atoms with Gasteiger partial charge in [0.15, 0.2) is 6.29 Å². The molecule has 5 rings (SSSR count). The molecule has 1 saturated heterocycles. The van der Waals surface area contributed by atoms with Gasteiger partial charge in [0, 0.05) is 35.6 Å². The monoisotopic (exact) mass is 626 g/mol. The number of carbonyl (C=O) groups excluding carboxylic acids is 2. The van der Waals surface area contributed by atoms with E-state index in [1.807, 2.05) is 97.1 Å². The lowest BCUT2D eigenvalue weighted by molar-refractivity contribution is -0.245. The molecule has 0 radical (unpaired) electrons. The minimum absolute atomic E-state index is 0.00368. The molecule has 4 aromatic carbocycles. The van der Waals surface area contributed by atoms with Gasteiger partial charge in [-0.15, -0.1) is 11.8 Å². The average molecular weight is 627 g/mol. The Hall–Kier alpha value is -4.15. The molecule has 0 saturated carbocycles. The van der Waals surface area contributed by atoms with Crippen molar-refractivity contribution < 1.29 is 28.9 Å². The Kier molecular flexibility index (Phi) is 11.6. The van der Waals surface area contributed by atoms with Gasteiger partial charge >= 0.3 is 12.0 Å². The highest BCUT2D eigenvalue weighted by Crippen LogP contribution is 2.39. The Balaban J connectivity index is 1.21. The largest absolute Gasteiger partial charge is 0.467 e. The fraction of sp³-hybridized carbons (Fsp3) is 0.278. The Morgan fingerprint density at radius 3 is 2.16 bits per heavy atom. The summed E-state index contributed by atoms with van der Waals surface area (Å²) in [5.41, 5.74) is 4.58. The second-order valence-electron chi connectivity index (χ2n) is 10.8. The van der Waals surface area contributed by atoms with Crippen LogP contribution < -0.4 is 10.6 Å². The second-order valence-corrected chi connectivity index (χ2v) is 11.9. The van der Waals surface area contributed by atoms with Gasteiger partial charge in [-0.1, -0.05) is 97.1 Å². The predicted molar refractivity (Wildman–Crippen MR) is 173 cm³/mol. The van der Waals surface area contributed by atoms with Crippen LogP contribution in [0.25, 0.3) is 0 Å². The van der Waals surface area contributed by atoms with E-state index in [4.69, 9.17) is 14.2 Å². The molecule has 0 spiro atoms. The van der Waals surface area contributed by atoms with E-state index in [2.05, 4.69) is 22.8 Å². The first-order valence-electron chi connectivity index (χ1n) is 14.9. The Bertz CT molecular complexity index is 1500. The lowest BCUT2D eigenvalue weighted by Gasteiger charge is -2.36. The summed E-state index contributed by atoms with van der Waals surface area (Å²) in [5, 5.41) is 15.0. The van der Waals surface area contributed by atoms with Crippen molar-refractivity contribution in [1.82, 2.24) is 10.6 Å². The number of thioether (sulfide) groups is 1. The third kappa shape index (κ3) is 9.42. The summed E-state index contributed by atoms with van der Waals surface area (Å²) < 4.78 is 17.8. The van der Waals surface area contributed by atoms with Gasteiger partial charge in [0.25, 0.3) is 0 Å². The van der Waals surface area contributed by atoms with E-state index in [1.54, 1.807) is 11.8 Å². The summed E-state index contributed by atoms with van der Waals surface area (Å²) in [6, 6.07) is 34.1. The van der Waals surface area contributed by atoms with Crippen molar-refractivity contribution in [3.05, 3.63) is 137 Å². The number of hydrogen-bond donors (Lipinski definition) is 3. The molecule has 8 nitrogen and oxygen atoms in total. The fourth-order valence-electron chi connectivity index (χ4n) is 5.10. The smallest absolute Gasteiger partial charge is 0.328 e. The lowest BCUT2D eigenvalue weighted by atomic mass is 10.0. The third-order valence-corrected chi connectivity index (χ3v) is 8.72. The molecule has 1 aliphatic heterocycles. The van der Waals surface area contributed by atoms with E-state index < -0.39 is 24.3 Å². The zero-order valence-corrected chi connectivity index (χ0v) is 26.0. The second kappa shape index (κ2) is 16.2. The van der Waals surface area contributed by atoms with Crippen molar-refractivity contribution in [2.24, 2.45) is 0 Å². The summed E-state index contributed by atoms with van der Waals surface area (Å²) in [7, 11) is 1.31. The number of ether oxygens (including phenoxy) is 3. The van der Waals surface area contributed by atoms with Crippen molar-refractivity contribution in [1.29, 1.82) is 0 Å². The lowest BCUT2D eigenvalue weighted by Crippen LogP contribution is -2.47. The van der Waals surface area contributed by atoms with E-state index in [-0.39, 0.29) is 25.4 Å². The number of urea groups is 1. The average Bonchev–Trinajstić information content (AvgIpc) is 3.10. The summed E-state index contributed by atoms with van der Waals surface area (Å²) in [6.45, 7) is 0.268. The highest BCUT2D eigenvalue weighted by atomic mass is 32.2. The third-order valence-electron chi connectivity index (χ3n) is 7.57. The zero-order chi connectivity index (χ0) is 31.4. The maximum atomic E-state index is 12.7. The summed E-state index contributed by atoms with van der Waals surface area (Å²) in [4.78, 5) is 26.2. The first kappa shape index (κ1) is 32.2. The van der Waals surface area contributed by atoms with Crippen LogP contribution in [0.3, 0.4) is 0 Å². The molecule has 0 bridgehead atoms. The van der Waals surface area contributed by atoms with E-state index >= 15 is 0 Å². The summed E-state index contributed by atoms with van der Waals surface area (Å²) in [6.07, 6.45) is 0.269. The van der Waals surface area contributed by atoms with Gasteiger partial charge in [-0.2, -0.15) is 0 Å². The van der Waals surface area contributed by atoms with Crippen LogP contribution in [0.4, 0.5) is 4.79 Å². The van der Waals surface area contributed by atoms with Gasteiger partial charge in [0.2, 0.25) is 0 Å². The van der Waals surface area contributed by atoms with Crippen molar-refractivity contribution in [3.8, 4) is 0 Å². The molecule has 3 N–H and O–H groups in total. The standard InChI is InChI=1S/C36H38N2O6S/c1-42-34(40)32(20-25-8-4-2-5-9-25)38-36(41)37-22-26-12-18-29(19-13-26)35-43-30(24-45-31-10-6-3-7-11-31)21-33(44-35)28-16-14-27(23-39)15-17-28/h2-19,30,32-33,35,39H,20-24H2,1H3,(H2,37,38,41)/t30-,32-,33+,35+/m0/s1. The topological polar surface area (TPSA) is 106 Å². The molecule has 45 heavy (non-hydrogen) atoms. The Morgan fingerprint density at radius 1 is 0.844 bits per heavy atom. The van der Waals surface area contributed by atoms with Crippen LogP contribution in [0.5, 0.6) is 0 Å². The van der Waals surface area contributed by atoms with Gasteiger partial charge in [0.1, 0.15) is 6.04 Å². The van der Waals surface area contributed by atoms with Crippen molar-refractivity contribution in [2.75, 3.05) is 12.9 Å². The Labute approximate surface area is 268 Å². The van der Waals surface area contributed by atoms with E-state index in [0.717, 1.165) is 33.6 Å². The van der Waals surface area contributed by atoms with Gasteiger partial charge in [0.05, 0.1) is 25.9 Å². The fourth-order valence-corrected chi connectivity index (χ4v) is 6.04. The molecule has 4 aromatic rings. The van der Waals surface area contributed by atoms with Crippen molar-refractivity contribution in [3.63, 3.8) is 0 Å². The minimum atomic E-state index is -0.804. The van der Waals surface area contributed by atoms with Crippen LogP contribution in [0.15, 0.2) is 114 Å². The van der Waals surface area contributed by atoms with Gasteiger partial charge in [-0.05, 0) is 34.4 Å². The first-order valence-corrected chi connectivity index (χ1v) is 15.9. The maximum Gasteiger partial charge on any atom is 0.328 e. The highest BCUT2D eigenvalue weighted by molar-refractivity contribution is 7.99. The van der Waals surface area contributed by atoms with Crippen LogP contribution in [0.2, 0.25) is 0 Å². The number of esters is 1. The molecule has 4 atom stereocenters. The van der Waals surface area contributed by atoms with Crippen LogP contribution in [-0.4, -0.2) is 42.1 Å². The van der Waals surface area contributed by atoms with Crippen LogP contribution in [0, 0.1) is 0 Å². The van der Waals surface area contributed by atoms with E-state index in [1.165, 1.54) is 12.0 Å². The van der Waals surface area contributed by atoms with Gasteiger partial charge < -0.3 is 30.0 Å². The number of rotatable bonds is 12. The Morgan fingerprint density at radius 2 is 1.49 bits per heavy atom. The van der Waals surface area contributed by atoms with Crippen LogP contribution >= 0.6 is 11.8 Å². The molecule has 9 heteroatoms. The number of amides is 2. The molecule has 0 aromatic heterocycles. The number of carbonyl (C=O) groups is 2. The molecule has 2 amide bonds. The summed E-state index contributed by atoms with van der Waals surface area (Å²) in [5.74, 6) is 0.275.